The van der Waals surface area contributed by atoms with E-state index in [2.05, 4.69) is 166 Å². The standard InChI is InChI=1S/2C20H21.C2H7Si.Hf/c2*1-14-12-16-6-5-7-18(19(16)13-14)15-8-10-17(11-9-15)20(2,3)4;1-3-2;/h2*5-13H,1-4H3;3H,1-2H3;. The van der Waals surface area contributed by atoms with Gasteiger partial charge in [-0.3, -0.25) is 0 Å². The molecule has 2 aliphatic rings. The fourth-order valence-electron chi connectivity index (χ4n) is 7.63. The average molecular weight is 760 g/mol. The van der Waals surface area contributed by atoms with Crippen LogP contribution in [0.3, 0.4) is 0 Å². The van der Waals surface area contributed by atoms with Gasteiger partial charge >= 0.3 is 277 Å². The van der Waals surface area contributed by atoms with Crippen LogP contribution >= 0.6 is 0 Å². The van der Waals surface area contributed by atoms with Crippen molar-refractivity contribution in [1.82, 2.24) is 0 Å². The van der Waals surface area contributed by atoms with Gasteiger partial charge in [-0.05, 0) is 0 Å². The van der Waals surface area contributed by atoms with Gasteiger partial charge in [0.05, 0.1) is 0 Å². The zero-order valence-corrected chi connectivity index (χ0v) is 33.2. The fourth-order valence-corrected chi connectivity index (χ4v) is 40.5. The zero-order chi connectivity index (χ0) is 31.6. The Labute approximate surface area is 275 Å². The molecule has 0 fully saturated rings. The summed E-state index contributed by atoms with van der Waals surface area (Å²) in [6.07, 6.45) is 5.13. The quantitative estimate of drug-likeness (QED) is 0.178. The Balaban J connectivity index is 1.40. The molecule has 4 aromatic carbocycles. The van der Waals surface area contributed by atoms with E-state index in [1.165, 1.54) is 44.5 Å². The molecule has 0 saturated heterocycles. The number of allylic oxidation sites excluding steroid dienone is 2. The second kappa shape index (κ2) is 11.7. The van der Waals surface area contributed by atoms with Gasteiger partial charge in [0.25, 0.3) is 0 Å². The topological polar surface area (TPSA) is 0 Å². The second-order valence-corrected chi connectivity index (χ2v) is 43.5. The van der Waals surface area contributed by atoms with Crippen LogP contribution in [0.2, 0.25) is 13.1 Å². The van der Waals surface area contributed by atoms with Crippen LogP contribution < -0.4 is 0 Å². The maximum atomic E-state index is 2.67. The van der Waals surface area contributed by atoms with E-state index >= 15 is 0 Å². The van der Waals surface area contributed by atoms with E-state index in [1.54, 1.807) is 22.3 Å². The molecular formula is C42H49HfSi. The molecular weight excluding hydrogens is 711 g/mol. The van der Waals surface area contributed by atoms with E-state index in [0.717, 1.165) is 0 Å². The van der Waals surface area contributed by atoms with Crippen molar-refractivity contribution in [3.8, 4) is 22.3 Å². The van der Waals surface area contributed by atoms with Crippen LogP contribution in [0.15, 0.2) is 96.1 Å². The predicted octanol–water partition coefficient (Wildman–Crippen LogP) is 11.8. The van der Waals surface area contributed by atoms with Gasteiger partial charge in [0, 0.05) is 0 Å². The SMILES string of the molecule is CC1=Cc2c(-c3ccc(C(C)(C)C)cc3)cccc2[CH]1[Hf]([CH]1C(C)=Cc2c(-c3ccc(C(C)(C)C)cc3)cccc21)[SiH](C)C. The van der Waals surface area contributed by atoms with E-state index < -0.39 is 26.6 Å². The third-order valence-electron chi connectivity index (χ3n) is 10.0. The van der Waals surface area contributed by atoms with Gasteiger partial charge in [-0.1, -0.05) is 0 Å². The van der Waals surface area contributed by atoms with Crippen molar-refractivity contribution in [3.05, 3.63) is 129 Å². The van der Waals surface area contributed by atoms with Crippen LogP contribution in [-0.2, 0) is 31.4 Å². The van der Waals surface area contributed by atoms with Crippen LogP contribution in [-0.4, -0.2) is 5.98 Å². The molecule has 44 heavy (non-hydrogen) atoms. The first-order valence-electron chi connectivity index (χ1n) is 16.5. The first-order valence-corrected chi connectivity index (χ1v) is 29.7. The summed E-state index contributed by atoms with van der Waals surface area (Å²) in [6, 6.07) is 33.0. The van der Waals surface area contributed by atoms with E-state index in [0.29, 0.717) is 7.35 Å². The molecule has 2 heteroatoms. The van der Waals surface area contributed by atoms with Crippen LogP contribution in [0.5, 0.6) is 0 Å². The first-order chi connectivity index (χ1) is 20.8. The van der Waals surface area contributed by atoms with Crippen LogP contribution in [0.25, 0.3) is 34.4 Å². The number of rotatable bonds is 5. The monoisotopic (exact) mass is 761 g/mol. The summed E-state index contributed by atoms with van der Waals surface area (Å²) in [4.78, 5) is 0. The Morgan fingerprint density at radius 1 is 0.523 bits per heavy atom. The third-order valence-corrected chi connectivity index (χ3v) is 41.5. The molecule has 0 bridgehead atoms. The van der Waals surface area contributed by atoms with Crippen LogP contribution in [0, 0.1) is 0 Å². The van der Waals surface area contributed by atoms with Crippen molar-refractivity contribution < 1.29 is 20.6 Å². The molecule has 0 nitrogen and oxygen atoms in total. The molecule has 0 spiro atoms. The van der Waals surface area contributed by atoms with Crippen molar-refractivity contribution in [1.29, 1.82) is 0 Å². The van der Waals surface area contributed by atoms with Crippen LogP contribution in [0.4, 0.5) is 0 Å². The molecule has 2 unspecified atom stereocenters. The molecule has 4 aromatic rings. The van der Waals surface area contributed by atoms with Gasteiger partial charge in [0.1, 0.15) is 0 Å². The number of hydrogen-bond donors (Lipinski definition) is 0. The summed E-state index contributed by atoms with van der Waals surface area (Å²) >= 11 is -2.31. The molecule has 0 aromatic heterocycles. The minimum absolute atomic E-state index is 0.168. The van der Waals surface area contributed by atoms with E-state index in [9.17, 15) is 0 Å². The van der Waals surface area contributed by atoms with Crippen molar-refractivity contribution in [2.24, 2.45) is 0 Å². The second-order valence-electron chi connectivity index (χ2n) is 15.6. The molecule has 0 aliphatic heterocycles. The zero-order valence-electron chi connectivity index (χ0n) is 28.5. The molecule has 225 valence electrons. The summed E-state index contributed by atoms with van der Waals surface area (Å²) in [5, 5.41) is 0. The summed E-state index contributed by atoms with van der Waals surface area (Å²) in [5.74, 6) is -0.886. The van der Waals surface area contributed by atoms with Crippen molar-refractivity contribution >= 4 is 18.1 Å². The molecule has 0 amide bonds. The Kier molecular flexibility index (Phi) is 8.33. The Morgan fingerprint density at radius 2 is 0.886 bits per heavy atom. The Morgan fingerprint density at radius 3 is 1.20 bits per heavy atom. The van der Waals surface area contributed by atoms with Gasteiger partial charge in [-0.15, -0.1) is 0 Å². The molecule has 2 atom stereocenters. The first kappa shape index (κ1) is 31.4. The molecule has 0 heterocycles. The number of benzene rings is 4. The average Bonchev–Trinajstić information content (AvgIpc) is 3.48. The maximum absolute atomic E-state index is 2.67. The predicted molar refractivity (Wildman–Crippen MR) is 193 cm³/mol. The van der Waals surface area contributed by atoms with E-state index in [-0.39, 0.29) is 10.8 Å². The van der Waals surface area contributed by atoms with Gasteiger partial charge < -0.3 is 0 Å². The van der Waals surface area contributed by atoms with Gasteiger partial charge in [-0.2, -0.15) is 0 Å². The fraction of sp³-hybridized carbons (Fsp3) is 0.333. The normalized spacial score (nSPS) is 17.8. The Bertz CT molecular complexity index is 1630. The van der Waals surface area contributed by atoms with Gasteiger partial charge in [-0.25, -0.2) is 0 Å². The summed E-state index contributed by atoms with van der Waals surface area (Å²) in [6.45, 7) is 24.0. The van der Waals surface area contributed by atoms with Gasteiger partial charge in [0.15, 0.2) is 0 Å². The van der Waals surface area contributed by atoms with E-state index in [1.807, 2.05) is 0 Å². The van der Waals surface area contributed by atoms with E-state index in [4.69, 9.17) is 0 Å². The van der Waals surface area contributed by atoms with Crippen molar-refractivity contribution in [2.45, 2.75) is 86.7 Å². The van der Waals surface area contributed by atoms with Crippen molar-refractivity contribution in [3.63, 3.8) is 0 Å². The minimum atomic E-state index is -2.31. The molecule has 6 rings (SSSR count). The number of hydrogen-bond acceptors (Lipinski definition) is 0. The Hall–Kier alpha value is -2.55. The summed E-state index contributed by atoms with van der Waals surface area (Å²) in [7, 11) is 0. The molecule has 0 N–H and O–H groups in total. The molecule has 2 aliphatic carbocycles. The summed E-state index contributed by atoms with van der Waals surface area (Å²) < 4.78 is 1.34. The van der Waals surface area contributed by atoms with Crippen LogP contribution in [0.1, 0.15) is 96.1 Å². The third kappa shape index (κ3) is 5.67. The van der Waals surface area contributed by atoms with Crippen molar-refractivity contribution in [2.75, 3.05) is 0 Å². The summed E-state index contributed by atoms with van der Waals surface area (Å²) in [5.41, 5.74) is 18.1. The van der Waals surface area contributed by atoms with Gasteiger partial charge in [0.2, 0.25) is 0 Å². The molecule has 0 saturated carbocycles. The molecule has 0 radical (unpaired) electrons. The number of fused-ring (bicyclic) bond motifs is 2.